The molecule has 0 radical (unpaired) electrons. The number of hydrogen-bond acceptors (Lipinski definition) is 5. The second-order valence-electron chi connectivity index (χ2n) is 5.99. The first kappa shape index (κ1) is 18.0. The van der Waals surface area contributed by atoms with Crippen molar-refractivity contribution in [2.75, 3.05) is 13.1 Å². The topological polar surface area (TPSA) is 77.8 Å². The molecule has 1 saturated heterocycles. The summed E-state index contributed by atoms with van der Waals surface area (Å²) < 4.78 is 0. The normalized spacial score (nSPS) is 16.6. The molecule has 0 unspecified atom stereocenters. The van der Waals surface area contributed by atoms with Gasteiger partial charge in [-0.15, -0.1) is 23.1 Å². The van der Waals surface area contributed by atoms with Gasteiger partial charge in [-0.2, -0.15) is 0 Å². The van der Waals surface area contributed by atoms with Crippen LogP contribution in [0.1, 0.15) is 28.1 Å². The molecule has 1 aromatic carbocycles. The van der Waals surface area contributed by atoms with E-state index in [4.69, 9.17) is 5.11 Å². The van der Waals surface area contributed by atoms with Crippen LogP contribution in [0, 0.1) is 0 Å². The molecule has 1 amide bonds. The summed E-state index contributed by atoms with van der Waals surface area (Å²) in [6.45, 7) is 0.483. The number of hydrogen-bond donors (Lipinski definition) is 2. The Morgan fingerprint density at radius 1 is 1.16 bits per heavy atom. The van der Waals surface area contributed by atoms with Crippen LogP contribution >= 0.6 is 23.1 Å². The van der Waals surface area contributed by atoms with Gasteiger partial charge in [0.25, 0.3) is 5.91 Å². The number of rotatable bonds is 5. The molecule has 1 aliphatic rings. The number of carbonyl (C=O) groups is 2. The Hall–Kier alpha value is -1.83. The number of carbonyl (C=O) groups excluding carboxylic acids is 1. The molecule has 2 aromatic rings. The molecule has 25 heavy (non-hydrogen) atoms. The number of thiophene rings is 1. The summed E-state index contributed by atoms with van der Waals surface area (Å²) in [7, 11) is 0. The molecule has 0 bridgehead atoms. The average molecular weight is 377 g/mol. The number of carboxylic acid groups (broad SMARTS) is 1. The lowest BCUT2D eigenvalue weighted by atomic mass is 9.91. The van der Waals surface area contributed by atoms with Crippen LogP contribution in [-0.2, 0) is 10.5 Å². The van der Waals surface area contributed by atoms with Crippen molar-refractivity contribution in [1.29, 1.82) is 0 Å². The molecular formula is C18H19NO4S2. The predicted octanol–water partition coefficient (Wildman–Crippen LogP) is 3.09. The van der Waals surface area contributed by atoms with Crippen molar-refractivity contribution >= 4 is 35.0 Å². The van der Waals surface area contributed by atoms with Crippen molar-refractivity contribution in [2.24, 2.45) is 0 Å². The third-order valence-electron chi connectivity index (χ3n) is 4.34. The van der Waals surface area contributed by atoms with E-state index in [1.807, 2.05) is 29.6 Å². The molecule has 0 aliphatic carbocycles. The van der Waals surface area contributed by atoms with Crippen molar-refractivity contribution in [2.45, 2.75) is 29.1 Å². The summed E-state index contributed by atoms with van der Waals surface area (Å²) in [5.41, 5.74) is -1.09. The lowest BCUT2D eigenvalue weighted by molar-refractivity contribution is -0.162. The smallest absolute Gasteiger partial charge is 0.335 e. The number of likely N-dealkylation sites (tertiary alicyclic amines) is 1. The number of thioether (sulfide) groups is 1. The van der Waals surface area contributed by atoms with Crippen LogP contribution in [0.4, 0.5) is 0 Å². The highest BCUT2D eigenvalue weighted by molar-refractivity contribution is 7.98. The van der Waals surface area contributed by atoms with Crippen LogP contribution in [0.3, 0.4) is 0 Å². The first-order valence-electron chi connectivity index (χ1n) is 7.99. The maximum Gasteiger partial charge on any atom is 0.335 e. The van der Waals surface area contributed by atoms with Crippen LogP contribution in [0.25, 0.3) is 0 Å². The van der Waals surface area contributed by atoms with Gasteiger partial charge in [-0.05, 0) is 23.6 Å². The van der Waals surface area contributed by atoms with Gasteiger partial charge >= 0.3 is 5.97 Å². The van der Waals surface area contributed by atoms with Gasteiger partial charge in [0.2, 0.25) is 0 Å². The molecule has 2 heterocycles. The van der Waals surface area contributed by atoms with Gasteiger partial charge in [0.05, 0.1) is 5.56 Å². The van der Waals surface area contributed by atoms with Gasteiger partial charge in [-0.3, -0.25) is 4.79 Å². The number of carboxylic acids is 1. The molecular weight excluding hydrogens is 358 g/mol. The van der Waals surface area contributed by atoms with E-state index in [0.29, 0.717) is 5.56 Å². The molecule has 2 N–H and O–H groups in total. The molecule has 0 spiro atoms. The van der Waals surface area contributed by atoms with Gasteiger partial charge in [0.15, 0.2) is 5.60 Å². The molecule has 1 aliphatic heterocycles. The van der Waals surface area contributed by atoms with Crippen molar-refractivity contribution in [3.8, 4) is 0 Å². The molecule has 132 valence electrons. The predicted molar refractivity (Wildman–Crippen MR) is 98.0 cm³/mol. The summed E-state index contributed by atoms with van der Waals surface area (Å²) in [5.74, 6) is -0.519. The number of amides is 1. The van der Waals surface area contributed by atoms with Crippen molar-refractivity contribution in [1.82, 2.24) is 4.90 Å². The maximum atomic E-state index is 12.8. The zero-order chi connectivity index (χ0) is 17.9. The first-order chi connectivity index (χ1) is 12.0. The summed E-state index contributed by atoms with van der Waals surface area (Å²) >= 11 is 3.31. The minimum absolute atomic E-state index is 0.0541. The highest BCUT2D eigenvalue weighted by atomic mass is 32.2. The maximum absolute atomic E-state index is 12.8. The fraction of sp³-hybridized carbons (Fsp3) is 0.333. The van der Waals surface area contributed by atoms with Gasteiger partial charge in [0.1, 0.15) is 0 Å². The first-order valence-corrected chi connectivity index (χ1v) is 9.85. The monoisotopic (exact) mass is 377 g/mol. The van der Waals surface area contributed by atoms with Gasteiger partial charge in [-0.1, -0.05) is 18.2 Å². The van der Waals surface area contributed by atoms with Crippen LogP contribution in [-0.4, -0.2) is 45.7 Å². The number of aliphatic carboxylic acids is 1. The highest BCUT2D eigenvalue weighted by Gasteiger charge is 2.40. The van der Waals surface area contributed by atoms with Crippen molar-refractivity contribution in [3.63, 3.8) is 0 Å². The summed E-state index contributed by atoms with van der Waals surface area (Å²) in [4.78, 5) is 27.8. The summed E-state index contributed by atoms with van der Waals surface area (Å²) in [5, 5.41) is 21.1. The lowest BCUT2D eigenvalue weighted by Gasteiger charge is -2.35. The zero-order valence-corrected chi connectivity index (χ0v) is 15.2. The Bertz CT molecular complexity index is 752. The van der Waals surface area contributed by atoms with E-state index >= 15 is 0 Å². The SMILES string of the molecule is O=C(c1ccccc1SCc1cccs1)N1CCC(O)(C(=O)O)CC1. The minimum Gasteiger partial charge on any atom is -0.479 e. The Labute approximate surface area is 154 Å². The van der Waals surface area contributed by atoms with E-state index in [1.54, 1.807) is 34.1 Å². The van der Waals surface area contributed by atoms with E-state index in [0.717, 1.165) is 10.6 Å². The zero-order valence-electron chi connectivity index (χ0n) is 13.6. The van der Waals surface area contributed by atoms with Gasteiger partial charge in [-0.25, -0.2) is 4.79 Å². The number of benzene rings is 1. The average Bonchev–Trinajstić information content (AvgIpc) is 3.14. The third-order valence-corrected chi connectivity index (χ3v) is 6.52. The lowest BCUT2D eigenvalue weighted by Crippen LogP contribution is -2.50. The molecule has 0 atom stereocenters. The molecule has 1 aromatic heterocycles. The largest absolute Gasteiger partial charge is 0.479 e. The molecule has 1 fully saturated rings. The minimum atomic E-state index is -1.72. The fourth-order valence-corrected chi connectivity index (χ4v) is 4.59. The quantitative estimate of drug-likeness (QED) is 0.783. The molecule has 5 nitrogen and oxygen atoms in total. The summed E-state index contributed by atoms with van der Waals surface area (Å²) in [6.07, 6.45) is 0.108. The Kier molecular flexibility index (Phi) is 5.46. The Morgan fingerprint density at radius 2 is 1.88 bits per heavy atom. The van der Waals surface area contributed by atoms with Crippen LogP contribution in [0.2, 0.25) is 0 Å². The van der Waals surface area contributed by atoms with Crippen molar-refractivity contribution in [3.05, 3.63) is 52.2 Å². The molecule has 0 saturated carbocycles. The van der Waals surface area contributed by atoms with Crippen LogP contribution in [0.15, 0.2) is 46.7 Å². The standard InChI is InChI=1S/C18H19NO4S2/c20-16(19-9-7-18(23,8-10-19)17(21)22)14-5-1-2-6-15(14)25-12-13-4-3-11-24-13/h1-6,11,23H,7-10,12H2,(H,21,22). The van der Waals surface area contributed by atoms with E-state index in [9.17, 15) is 14.7 Å². The van der Waals surface area contributed by atoms with E-state index < -0.39 is 11.6 Å². The summed E-state index contributed by atoms with van der Waals surface area (Å²) in [6, 6.07) is 11.6. The van der Waals surface area contributed by atoms with Gasteiger partial charge < -0.3 is 15.1 Å². The fourth-order valence-electron chi connectivity index (χ4n) is 2.78. The third kappa shape index (κ3) is 4.05. The number of nitrogens with zero attached hydrogens (tertiary/aromatic N) is 1. The number of piperidine rings is 1. The molecule has 3 rings (SSSR count). The second kappa shape index (κ2) is 7.59. The van der Waals surface area contributed by atoms with E-state index in [-0.39, 0.29) is 31.8 Å². The van der Waals surface area contributed by atoms with Crippen LogP contribution in [0.5, 0.6) is 0 Å². The van der Waals surface area contributed by atoms with Gasteiger partial charge in [0, 0.05) is 41.5 Å². The molecule has 7 heteroatoms. The highest BCUT2D eigenvalue weighted by Crippen LogP contribution is 2.30. The van der Waals surface area contributed by atoms with E-state index in [2.05, 4.69) is 6.07 Å². The number of aliphatic hydroxyl groups is 1. The second-order valence-corrected chi connectivity index (χ2v) is 8.04. The van der Waals surface area contributed by atoms with Crippen LogP contribution < -0.4 is 0 Å². The van der Waals surface area contributed by atoms with Crippen molar-refractivity contribution < 1.29 is 19.8 Å². The van der Waals surface area contributed by atoms with E-state index in [1.165, 1.54) is 4.88 Å². The Balaban J connectivity index is 1.69. The Morgan fingerprint density at radius 3 is 2.52 bits per heavy atom.